The maximum atomic E-state index is 13.7. The molecular weight excluding hydrogens is 330 g/mol. The van der Waals surface area contributed by atoms with Gasteiger partial charge in [0.1, 0.15) is 11.6 Å². The molecular formula is C23H32F2O. The lowest BCUT2D eigenvalue weighted by atomic mass is 9.65. The predicted molar refractivity (Wildman–Crippen MR) is 101 cm³/mol. The summed E-state index contributed by atoms with van der Waals surface area (Å²) in [5.41, 5.74) is 0.230. The van der Waals surface area contributed by atoms with Crippen molar-refractivity contribution in [1.29, 1.82) is 0 Å². The average molecular weight is 363 g/mol. The molecule has 0 heterocycles. The van der Waals surface area contributed by atoms with Crippen molar-refractivity contribution in [3.63, 3.8) is 0 Å². The lowest BCUT2D eigenvalue weighted by Gasteiger charge is -2.38. The van der Waals surface area contributed by atoms with E-state index in [1.165, 1.54) is 57.1 Å². The molecule has 1 aromatic carbocycles. The first kappa shape index (κ1) is 19.5. The van der Waals surface area contributed by atoms with Crippen LogP contribution in [0.2, 0.25) is 0 Å². The molecule has 0 saturated heterocycles. The van der Waals surface area contributed by atoms with Crippen LogP contribution in [-0.4, -0.2) is 5.78 Å². The molecule has 2 aliphatic rings. The number of hydrogen-bond donors (Lipinski definition) is 0. The molecule has 1 unspecified atom stereocenters. The number of benzene rings is 1. The molecule has 1 aromatic rings. The van der Waals surface area contributed by atoms with Gasteiger partial charge in [-0.05, 0) is 55.6 Å². The molecule has 1 atom stereocenters. The summed E-state index contributed by atoms with van der Waals surface area (Å²) < 4.78 is 27.4. The van der Waals surface area contributed by atoms with Gasteiger partial charge in [0, 0.05) is 17.5 Å². The zero-order chi connectivity index (χ0) is 18.5. The van der Waals surface area contributed by atoms with Gasteiger partial charge in [0.05, 0.1) is 0 Å². The topological polar surface area (TPSA) is 17.1 Å². The first-order chi connectivity index (χ1) is 12.6. The molecule has 0 radical (unpaired) electrons. The lowest BCUT2D eigenvalue weighted by Crippen LogP contribution is -2.35. The number of halogens is 2. The Morgan fingerprint density at radius 2 is 1.50 bits per heavy atom. The number of hydrogen-bond acceptors (Lipinski definition) is 1. The van der Waals surface area contributed by atoms with Crippen LogP contribution in [0.1, 0.15) is 87.9 Å². The minimum absolute atomic E-state index is 0.0192. The third-order valence-corrected chi connectivity index (χ3v) is 6.70. The summed E-state index contributed by atoms with van der Waals surface area (Å²) in [6, 6.07) is 3.30. The van der Waals surface area contributed by atoms with Crippen LogP contribution >= 0.6 is 0 Å². The summed E-state index contributed by atoms with van der Waals surface area (Å²) in [6.07, 6.45) is 12.9. The van der Waals surface area contributed by atoms with Gasteiger partial charge in [0.25, 0.3) is 0 Å². The fourth-order valence-electron chi connectivity index (χ4n) is 5.44. The first-order valence-corrected chi connectivity index (χ1v) is 10.6. The molecule has 3 heteroatoms. The highest BCUT2D eigenvalue weighted by molar-refractivity contribution is 5.98. The van der Waals surface area contributed by atoms with E-state index in [1.54, 1.807) is 0 Å². The number of rotatable bonds is 6. The number of Topliss-reactive ketones (excluding diaryl/α,β-unsaturated/α-hetero) is 1. The predicted octanol–water partition coefficient (Wildman–Crippen LogP) is 6.95. The van der Waals surface area contributed by atoms with E-state index in [1.807, 2.05) is 0 Å². The third-order valence-electron chi connectivity index (χ3n) is 6.70. The highest BCUT2D eigenvalue weighted by Gasteiger charge is 2.38. The normalized spacial score (nSPS) is 25.8. The second-order valence-corrected chi connectivity index (χ2v) is 8.52. The smallest absolute Gasteiger partial charge is 0.166 e. The minimum Gasteiger partial charge on any atom is -0.294 e. The molecule has 0 aromatic heterocycles. The van der Waals surface area contributed by atoms with E-state index in [0.717, 1.165) is 37.7 Å². The lowest BCUT2D eigenvalue weighted by molar-refractivity contribution is 0.0678. The third kappa shape index (κ3) is 4.72. The van der Waals surface area contributed by atoms with Gasteiger partial charge in [-0.15, -0.1) is 0 Å². The summed E-state index contributed by atoms with van der Waals surface area (Å²) in [4.78, 5) is 13.3. The molecule has 2 aliphatic carbocycles. The quantitative estimate of drug-likeness (QED) is 0.500. The second kappa shape index (κ2) is 9.10. The fourth-order valence-corrected chi connectivity index (χ4v) is 5.44. The monoisotopic (exact) mass is 362 g/mol. The van der Waals surface area contributed by atoms with Crippen molar-refractivity contribution in [2.24, 2.45) is 23.7 Å². The second-order valence-electron chi connectivity index (χ2n) is 8.52. The van der Waals surface area contributed by atoms with E-state index in [4.69, 9.17) is 0 Å². The van der Waals surface area contributed by atoms with Crippen LogP contribution in [0, 0.1) is 35.3 Å². The van der Waals surface area contributed by atoms with Crippen LogP contribution in [0.3, 0.4) is 0 Å². The van der Waals surface area contributed by atoms with Gasteiger partial charge in [0.2, 0.25) is 0 Å². The molecule has 2 fully saturated rings. The van der Waals surface area contributed by atoms with Crippen LogP contribution in [0.15, 0.2) is 18.2 Å². The minimum atomic E-state index is -0.651. The van der Waals surface area contributed by atoms with Crippen molar-refractivity contribution in [3.8, 4) is 0 Å². The molecule has 144 valence electrons. The summed E-state index contributed by atoms with van der Waals surface area (Å²) in [7, 11) is 0. The molecule has 0 aliphatic heterocycles. The first-order valence-electron chi connectivity index (χ1n) is 10.6. The van der Waals surface area contributed by atoms with Crippen molar-refractivity contribution < 1.29 is 13.6 Å². The Balaban J connectivity index is 1.80. The molecule has 1 nitrogen and oxygen atoms in total. The molecule has 0 bridgehead atoms. The maximum Gasteiger partial charge on any atom is 0.166 e. The molecule has 26 heavy (non-hydrogen) atoms. The molecule has 3 rings (SSSR count). The van der Waals surface area contributed by atoms with Crippen molar-refractivity contribution in [1.82, 2.24) is 0 Å². The molecule has 0 spiro atoms. The van der Waals surface area contributed by atoms with Crippen LogP contribution in [0.25, 0.3) is 0 Å². The summed E-state index contributed by atoms with van der Waals surface area (Å²) >= 11 is 0. The van der Waals surface area contributed by atoms with Crippen LogP contribution < -0.4 is 0 Å². The van der Waals surface area contributed by atoms with E-state index >= 15 is 0 Å². The SMILES string of the molecule is CCCC1CCC(C(C(=O)c2cc(F)cc(F)c2)C2CCCCC2)CC1. The zero-order valence-corrected chi connectivity index (χ0v) is 16.0. The Morgan fingerprint density at radius 1 is 0.923 bits per heavy atom. The van der Waals surface area contributed by atoms with E-state index in [9.17, 15) is 13.6 Å². The standard InChI is InChI=1S/C23H32F2O/c1-2-6-16-9-11-18(12-10-16)22(17-7-4-3-5-8-17)23(26)19-13-20(24)15-21(25)14-19/h13-18,22H,2-12H2,1H3. The largest absolute Gasteiger partial charge is 0.294 e. The van der Waals surface area contributed by atoms with E-state index < -0.39 is 11.6 Å². The summed E-state index contributed by atoms with van der Waals surface area (Å²) in [5.74, 6) is 0.184. The Morgan fingerprint density at radius 3 is 2.08 bits per heavy atom. The van der Waals surface area contributed by atoms with Crippen molar-refractivity contribution >= 4 is 5.78 Å². The number of carbonyl (C=O) groups excluding carboxylic acids is 1. The van der Waals surface area contributed by atoms with Gasteiger partial charge in [-0.1, -0.05) is 51.9 Å². The Kier molecular flexibility index (Phi) is 6.83. The van der Waals surface area contributed by atoms with Gasteiger partial charge in [0.15, 0.2) is 5.78 Å². The highest BCUT2D eigenvalue weighted by Crippen LogP contribution is 2.43. The van der Waals surface area contributed by atoms with Crippen molar-refractivity contribution in [2.45, 2.75) is 77.6 Å². The van der Waals surface area contributed by atoms with Crippen molar-refractivity contribution in [3.05, 3.63) is 35.4 Å². The van der Waals surface area contributed by atoms with Gasteiger partial charge >= 0.3 is 0 Å². The van der Waals surface area contributed by atoms with E-state index in [2.05, 4.69) is 6.92 Å². The highest BCUT2D eigenvalue weighted by atomic mass is 19.1. The zero-order valence-electron chi connectivity index (χ0n) is 16.0. The average Bonchev–Trinajstić information content (AvgIpc) is 2.63. The number of carbonyl (C=O) groups is 1. The van der Waals surface area contributed by atoms with Crippen molar-refractivity contribution in [2.75, 3.05) is 0 Å². The summed E-state index contributed by atoms with van der Waals surface area (Å²) in [5, 5.41) is 0. The van der Waals surface area contributed by atoms with Crippen LogP contribution in [0.5, 0.6) is 0 Å². The fraction of sp³-hybridized carbons (Fsp3) is 0.696. The molecule has 0 amide bonds. The Hall–Kier alpha value is -1.25. The summed E-state index contributed by atoms with van der Waals surface area (Å²) in [6.45, 7) is 2.24. The molecule has 2 saturated carbocycles. The van der Waals surface area contributed by atoms with Gasteiger partial charge < -0.3 is 0 Å². The van der Waals surface area contributed by atoms with Crippen LogP contribution in [0.4, 0.5) is 8.78 Å². The van der Waals surface area contributed by atoms with Crippen LogP contribution in [-0.2, 0) is 0 Å². The van der Waals surface area contributed by atoms with E-state index in [-0.39, 0.29) is 17.3 Å². The maximum absolute atomic E-state index is 13.7. The number of ketones is 1. The molecule has 0 N–H and O–H groups in total. The van der Waals surface area contributed by atoms with Gasteiger partial charge in [-0.2, -0.15) is 0 Å². The Labute approximate surface area is 156 Å². The van der Waals surface area contributed by atoms with Gasteiger partial charge in [-0.3, -0.25) is 4.79 Å². The Bertz CT molecular complexity index is 578. The van der Waals surface area contributed by atoms with Gasteiger partial charge in [-0.25, -0.2) is 8.78 Å². The van der Waals surface area contributed by atoms with E-state index in [0.29, 0.717) is 11.8 Å².